The summed E-state index contributed by atoms with van der Waals surface area (Å²) >= 11 is 1.17. The number of carboxylic acid groups (broad SMARTS) is 1. The molecule has 1 aromatic heterocycles. The Hall–Kier alpha value is -1.91. The Balaban J connectivity index is 1.87. The lowest BCUT2D eigenvalue weighted by Gasteiger charge is -2.31. The molecule has 0 saturated carbocycles. The molecule has 3 rings (SSSR count). The van der Waals surface area contributed by atoms with Crippen molar-refractivity contribution < 1.29 is 23.1 Å². The lowest BCUT2D eigenvalue weighted by atomic mass is 10.1. The summed E-state index contributed by atoms with van der Waals surface area (Å²) < 4.78 is 34.4. The number of hydrogen-bond donors (Lipinski definition) is 2. The average molecular weight is 371 g/mol. The van der Waals surface area contributed by atoms with E-state index in [1.807, 2.05) is 0 Å². The highest BCUT2D eigenvalue weighted by atomic mass is 32.2. The number of fused-ring (bicyclic) bond motifs is 1. The van der Waals surface area contributed by atoms with Gasteiger partial charge in [0.2, 0.25) is 0 Å². The maximum absolute atomic E-state index is 12.6. The molecule has 1 aromatic carbocycles. The molecule has 0 spiro atoms. The lowest BCUT2D eigenvalue weighted by molar-refractivity contribution is -0.142. The van der Waals surface area contributed by atoms with Crippen molar-refractivity contribution in [3.63, 3.8) is 0 Å². The smallest absolute Gasteiger partial charge is 0.322 e. The monoisotopic (exact) mass is 371 g/mol. The van der Waals surface area contributed by atoms with Crippen molar-refractivity contribution in [1.82, 2.24) is 9.29 Å². The maximum atomic E-state index is 12.6. The fourth-order valence-electron chi connectivity index (χ4n) is 2.68. The molecule has 10 heteroatoms. The Kier molecular flexibility index (Phi) is 4.61. The summed E-state index contributed by atoms with van der Waals surface area (Å²) in [7, 11) is -2.42. The van der Waals surface area contributed by atoms with E-state index in [0.29, 0.717) is 30.5 Å². The highest BCUT2D eigenvalue weighted by Crippen LogP contribution is 2.30. The molecule has 0 radical (unpaired) electrons. The minimum absolute atomic E-state index is 0.186. The van der Waals surface area contributed by atoms with E-state index in [1.54, 1.807) is 25.3 Å². The second-order valence-corrected chi connectivity index (χ2v) is 8.07. The molecule has 1 fully saturated rings. The summed E-state index contributed by atoms with van der Waals surface area (Å²) in [6.45, 7) is 0.186. The molecule has 1 saturated heterocycles. The zero-order valence-corrected chi connectivity index (χ0v) is 14.6. The van der Waals surface area contributed by atoms with E-state index in [-0.39, 0.29) is 11.7 Å². The zero-order valence-electron chi connectivity index (χ0n) is 12.9. The molecule has 0 bridgehead atoms. The van der Waals surface area contributed by atoms with Crippen LogP contribution >= 0.6 is 11.3 Å². The van der Waals surface area contributed by atoms with Gasteiger partial charge in [-0.05, 0) is 37.5 Å². The van der Waals surface area contributed by atoms with Crippen LogP contribution in [0.3, 0.4) is 0 Å². The molecule has 1 aliphatic heterocycles. The molecular weight excluding hydrogens is 354 g/mol. The van der Waals surface area contributed by atoms with Crippen molar-refractivity contribution in [3.8, 4) is 5.75 Å². The van der Waals surface area contributed by atoms with Crippen LogP contribution in [0.5, 0.6) is 5.75 Å². The predicted octanol–water partition coefficient (Wildman–Crippen LogP) is 1.90. The van der Waals surface area contributed by atoms with Crippen molar-refractivity contribution in [2.45, 2.75) is 25.3 Å². The third-order valence-corrected chi connectivity index (χ3v) is 6.43. The number of carbonyl (C=O) groups is 1. The number of hydrogen-bond acceptors (Lipinski definition) is 6. The third-order valence-electron chi connectivity index (χ3n) is 3.86. The minimum atomic E-state index is -3.97. The molecule has 0 aliphatic carbocycles. The van der Waals surface area contributed by atoms with Gasteiger partial charge < -0.3 is 9.84 Å². The molecule has 2 N–H and O–H groups in total. The predicted molar refractivity (Wildman–Crippen MR) is 90.7 cm³/mol. The van der Waals surface area contributed by atoms with Crippen LogP contribution in [0.15, 0.2) is 18.2 Å². The molecule has 130 valence electrons. The van der Waals surface area contributed by atoms with Gasteiger partial charge in [0.1, 0.15) is 11.8 Å². The third kappa shape index (κ3) is 3.30. The molecule has 1 atom stereocenters. The highest BCUT2D eigenvalue weighted by molar-refractivity contribution is 7.90. The highest BCUT2D eigenvalue weighted by Gasteiger charge is 2.37. The van der Waals surface area contributed by atoms with E-state index in [2.05, 4.69) is 9.71 Å². The van der Waals surface area contributed by atoms with E-state index < -0.39 is 22.2 Å². The quantitative estimate of drug-likeness (QED) is 0.831. The van der Waals surface area contributed by atoms with Crippen LogP contribution in [-0.4, -0.2) is 48.5 Å². The maximum Gasteiger partial charge on any atom is 0.322 e. The Labute approximate surface area is 143 Å². The zero-order chi connectivity index (χ0) is 17.3. The van der Waals surface area contributed by atoms with Crippen molar-refractivity contribution in [2.24, 2.45) is 0 Å². The number of anilines is 1. The second kappa shape index (κ2) is 6.54. The minimum Gasteiger partial charge on any atom is -0.497 e. The summed E-state index contributed by atoms with van der Waals surface area (Å²) in [5.74, 6) is -0.475. The van der Waals surface area contributed by atoms with Gasteiger partial charge in [-0.15, -0.1) is 0 Å². The number of piperidine rings is 1. The largest absolute Gasteiger partial charge is 0.497 e. The van der Waals surface area contributed by atoms with Gasteiger partial charge in [-0.25, -0.2) is 9.71 Å². The summed E-state index contributed by atoms with van der Waals surface area (Å²) in [5, 5.41) is 9.45. The van der Waals surface area contributed by atoms with Crippen LogP contribution in [-0.2, 0) is 15.0 Å². The Bertz CT molecular complexity index is 864. The molecule has 2 heterocycles. The second-order valence-electron chi connectivity index (χ2n) is 5.42. The molecule has 2 aromatic rings. The molecular formula is C14H17N3O5S2. The Morgan fingerprint density at radius 2 is 2.25 bits per heavy atom. The molecule has 1 aliphatic rings. The van der Waals surface area contributed by atoms with Gasteiger partial charge in [-0.1, -0.05) is 11.3 Å². The average Bonchev–Trinajstić information content (AvgIpc) is 2.95. The first-order valence-electron chi connectivity index (χ1n) is 7.37. The van der Waals surface area contributed by atoms with Gasteiger partial charge in [0.25, 0.3) is 0 Å². The van der Waals surface area contributed by atoms with Gasteiger partial charge >= 0.3 is 16.2 Å². The topological polar surface area (TPSA) is 109 Å². The van der Waals surface area contributed by atoms with Crippen LogP contribution < -0.4 is 9.46 Å². The number of carboxylic acids is 1. The first-order chi connectivity index (χ1) is 11.4. The van der Waals surface area contributed by atoms with Crippen LogP contribution in [0, 0.1) is 0 Å². The molecule has 0 unspecified atom stereocenters. The van der Waals surface area contributed by atoms with Crippen LogP contribution in [0.25, 0.3) is 10.2 Å². The van der Waals surface area contributed by atoms with Gasteiger partial charge in [0.15, 0.2) is 5.13 Å². The Morgan fingerprint density at radius 3 is 2.96 bits per heavy atom. The van der Waals surface area contributed by atoms with E-state index in [1.165, 1.54) is 11.3 Å². The summed E-state index contributed by atoms with van der Waals surface area (Å²) in [6, 6.07) is 4.21. The summed E-state index contributed by atoms with van der Waals surface area (Å²) in [4.78, 5) is 15.6. The first kappa shape index (κ1) is 16.9. The van der Waals surface area contributed by atoms with Gasteiger partial charge in [0, 0.05) is 6.54 Å². The van der Waals surface area contributed by atoms with Crippen molar-refractivity contribution in [3.05, 3.63) is 18.2 Å². The van der Waals surface area contributed by atoms with Crippen LogP contribution in [0.4, 0.5) is 5.13 Å². The summed E-state index contributed by atoms with van der Waals surface area (Å²) in [6.07, 6.45) is 1.65. The number of benzene rings is 1. The van der Waals surface area contributed by atoms with E-state index in [0.717, 1.165) is 9.01 Å². The summed E-state index contributed by atoms with van der Waals surface area (Å²) in [5.41, 5.74) is 0.645. The number of aliphatic carboxylic acids is 1. The first-order valence-corrected chi connectivity index (χ1v) is 9.63. The van der Waals surface area contributed by atoms with Gasteiger partial charge in [-0.3, -0.25) is 4.79 Å². The standard InChI is InChI=1S/C14H17N3O5S2/c1-22-9-5-6-10-12(8-9)23-14(15-10)16-24(20,21)17-7-3-2-4-11(17)13(18)19/h5-6,8,11H,2-4,7H2,1H3,(H,15,16)(H,18,19)/t11-/m0/s1. The number of thiazole rings is 1. The van der Waals surface area contributed by atoms with Crippen molar-refractivity contribution in [1.29, 1.82) is 0 Å². The lowest BCUT2D eigenvalue weighted by Crippen LogP contribution is -2.49. The van der Waals surface area contributed by atoms with E-state index >= 15 is 0 Å². The fourth-order valence-corrected chi connectivity index (χ4v) is 5.20. The van der Waals surface area contributed by atoms with Gasteiger partial charge in [-0.2, -0.15) is 12.7 Å². The molecule has 0 amide bonds. The number of nitrogens with zero attached hydrogens (tertiary/aromatic N) is 2. The van der Waals surface area contributed by atoms with Gasteiger partial charge in [0.05, 0.1) is 17.3 Å². The van der Waals surface area contributed by atoms with Crippen molar-refractivity contribution >= 4 is 42.9 Å². The fraction of sp³-hybridized carbons (Fsp3) is 0.429. The van der Waals surface area contributed by atoms with E-state index in [4.69, 9.17) is 4.74 Å². The SMILES string of the molecule is COc1ccc2nc(NS(=O)(=O)N3CCCC[C@H]3C(=O)O)sc2c1. The number of nitrogens with one attached hydrogen (secondary N) is 1. The van der Waals surface area contributed by atoms with Crippen LogP contribution in [0.2, 0.25) is 0 Å². The Morgan fingerprint density at radius 1 is 1.46 bits per heavy atom. The normalized spacial score (nSPS) is 19.3. The number of aromatic nitrogens is 1. The van der Waals surface area contributed by atoms with E-state index in [9.17, 15) is 18.3 Å². The van der Waals surface area contributed by atoms with Crippen molar-refractivity contribution in [2.75, 3.05) is 18.4 Å². The number of rotatable bonds is 5. The molecule has 24 heavy (non-hydrogen) atoms. The number of methoxy groups -OCH3 is 1. The van der Waals surface area contributed by atoms with Crippen LogP contribution in [0.1, 0.15) is 19.3 Å². The molecule has 8 nitrogen and oxygen atoms in total. The number of ether oxygens (including phenoxy) is 1.